The number of rotatable bonds is 24. The van der Waals surface area contributed by atoms with E-state index in [0.717, 1.165) is 108 Å². The Kier molecular flexibility index (Phi) is 30.8. The van der Waals surface area contributed by atoms with Crippen molar-refractivity contribution < 1.29 is 60.8 Å². The van der Waals surface area contributed by atoms with E-state index < -0.39 is 55.5 Å². The van der Waals surface area contributed by atoms with Gasteiger partial charge in [0.25, 0.3) is 23.6 Å². The SMILES string of the molecule is COc1ccc(F)cc1C(c1ncc(C)[nH]1)N1Cc2ccc(-c3ccc(C4CCN(C)CC4)cc3)cc2C1=O.COc1ccc(F)cc1C(c1ncc(C)[nH]1)N1Cc2ccc(Br)cc2C1=O.COc1ccc(F)cc1C(c1ncc(C)n1COCC[Si](C)(C)C)N1Cc2ccc(Br)cc2C1=O.Cc1cnc(C(c2cc(F)ccc2O)N2Cc3ccc(-c4ccc(C5CCN(C)CC5)cc4)cc3C2=O)[nH]1.Cl. The standard InChI is InChI=1S/C32H33FN4O2.C31H31FN4O2.C26H31BrFN3O3Si.C20H17BrFN3O2.ClH/c1-20-18-34-31(35-20)30(28-17-26(33)10-11-29(28)39-3)37-19-25-9-8-24(16-27(25)32(37)38)22-6-4-21(5-7-22)23-12-14-36(2)15-13-23;1-19-17-33-30(34-19)29(27-16-25(32)9-10-28(27)37)36-18-24-8-7-23(15-26(24)31(36)38)21-5-3-20(4-6-21)22-11-13-35(2)14-12-22;1-17-14-29-25(31(17)16-34-10-11-35(3,4)5)24(22-13-20(28)8-9-23(22)33-2)30-15-18-6-7-19(27)12-21(18)26(30)32;1-11-9-23-19(24-11)18(16-8-14(22)5-6-17(16)27-2)25-10-12-3-4-13(21)7-15(12)20(25)26;/h4-11,16-18,23,30H,12-15,19H2,1-3H3,(H,34,35);3-10,15-17,22,29,37H,11-14,18H2,1-2H3,(H,33,34);6-9,12-14,24H,10-11,15-16H2,1-5H3;3-9,18H,10H2,1-2H3,(H,23,24);1H. The number of phenols is 1. The van der Waals surface area contributed by atoms with E-state index in [0.29, 0.717) is 136 Å². The van der Waals surface area contributed by atoms with Crippen molar-refractivity contribution in [3.63, 3.8) is 0 Å². The Balaban J connectivity index is 0.000000135. The van der Waals surface area contributed by atoms with E-state index in [-0.39, 0.29) is 41.8 Å². The van der Waals surface area contributed by atoms with Crippen LogP contribution in [-0.4, -0.2) is 174 Å². The van der Waals surface area contributed by atoms with Crippen LogP contribution in [0.25, 0.3) is 22.3 Å². The number of aromatic hydroxyl groups is 1. The van der Waals surface area contributed by atoms with Gasteiger partial charge in [-0.1, -0.05) is 136 Å². The summed E-state index contributed by atoms with van der Waals surface area (Å²) in [5.41, 5.74) is 18.5. The van der Waals surface area contributed by atoms with Gasteiger partial charge in [0.1, 0.15) is 100 Å². The molecule has 31 heteroatoms. The molecular formula is C109H113Br2ClF4N14O9Si. The van der Waals surface area contributed by atoms with Gasteiger partial charge in [0.2, 0.25) is 0 Å². The number of ether oxygens (including phenoxy) is 4. The number of aromatic amines is 3. The van der Waals surface area contributed by atoms with Crippen molar-refractivity contribution in [3.8, 4) is 45.3 Å². The predicted molar refractivity (Wildman–Crippen MR) is 543 cm³/mol. The number of likely N-dealkylation sites (tertiary alicyclic amines) is 2. The summed E-state index contributed by atoms with van der Waals surface area (Å²) in [6, 6.07) is 56.2. The topological polar surface area (TPSA) is 249 Å². The minimum Gasteiger partial charge on any atom is -0.508 e. The highest BCUT2D eigenvalue weighted by atomic mass is 79.9. The Morgan fingerprint density at radius 3 is 1.10 bits per heavy atom. The van der Waals surface area contributed by atoms with Gasteiger partial charge in [-0.2, -0.15) is 0 Å². The molecule has 14 aromatic rings. The van der Waals surface area contributed by atoms with Crippen LogP contribution in [0, 0.1) is 51.0 Å². The van der Waals surface area contributed by atoms with Gasteiger partial charge in [0.15, 0.2) is 0 Å². The lowest BCUT2D eigenvalue weighted by atomic mass is 9.88. The average molecular weight is 2060 g/mol. The smallest absolute Gasteiger partial charge is 0.255 e. The van der Waals surface area contributed by atoms with Crippen LogP contribution >= 0.6 is 44.3 Å². The van der Waals surface area contributed by atoms with E-state index in [1.54, 1.807) is 76.8 Å². The lowest BCUT2D eigenvalue weighted by Crippen LogP contribution is -2.33. The van der Waals surface area contributed by atoms with Gasteiger partial charge in [-0.3, -0.25) is 19.2 Å². The second kappa shape index (κ2) is 43.1. The van der Waals surface area contributed by atoms with Gasteiger partial charge < -0.3 is 73.0 Å². The van der Waals surface area contributed by atoms with Crippen LogP contribution < -0.4 is 14.2 Å². The first-order valence-electron chi connectivity index (χ1n) is 46.6. The molecule has 0 aliphatic carbocycles. The fraction of sp³-hybridized carbons (Fsp3) is 0.303. The number of aryl methyl sites for hydroxylation is 4. The Bertz CT molecular complexity index is 6900. The Morgan fingerprint density at radius 2 is 0.743 bits per heavy atom. The number of nitrogens with one attached hydrogen (secondary N) is 3. The lowest BCUT2D eigenvalue weighted by Gasteiger charge is -2.30. The number of H-pyrrole nitrogens is 3. The van der Waals surface area contributed by atoms with Crippen molar-refractivity contribution >= 4 is 76.0 Å². The zero-order valence-electron chi connectivity index (χ0n) is 80.2. The second-order valence-electron chi connectivity index (χ2n) is 37.8. The van der Waals surface area contributed by atoms with Crippen molar-refractivity contribution in [1.82, 2.24) is 68.9 Å². The van der Waals surface area contributed by atoms with Crippen LogP contribution in [-0.2, 0) is 37.6 Å². The maximum absolute atomic E-state index is 14.5. The molecule has 726 valence electrons. The molecule has 6 aliphatic heterocycles. The molecule has 10 aromatic carbocycles. The number of hydrogen-bond donors (Lipinski definition) is 4. The third kappa shape index (κ3) is 21.9. The summed E-state index contributed by atoms with van der Waals surface area (Å²) in [4.78, 5) is 93.7. The number of halogens is 7. The molecule has 2 fully saturated rings. The third-order valence-electron chi connectivity index (χ3n) is 27.0. The molecule has 0 spiro atoms. The number of piperidine rings is 2. The number of hydrogen-bond acceptors (Lipinski definition) is 15. The first kappa shape index (κ1) is 100. The van der Waals surface area contributed by atoms with Crippen LogP contribution in [0.4, 0.5) is 17.6 Å². The molecule has 10 heterocycles. The van der Waals surface area contributed by atoms with Crippen LogP contribution in [0.15, 0.2) is 228 Å². The van der Waals surface area contributed by atoms with E-state index in [4.69, 9.17) is 23.9 Å². The Labute approximate surface area is 836 Å². The Hall–Kier alpha value is -12.8. The van der Waals surface area contributed by atoms with Crippen molar-refractivity contribution in [2.24, 2.45) is 0 Å². The first-order chi connectivity index (χ1) is 66.8. The fourth-order valence-corrected chi connectivity index (χ4v) is 20.9. The molecule has 4 unspecified atom stereocenters. The van der Waals surface area contributed by atoms with Crippen LogP contribution in [0.1, 0.15) is 205 Å². The molecule has 2 saturated heterocycles. The minimum absolute atomic E-state index is 0. The van der Waals surface area contributed by atoms with Crippen LogP contribution in [0.3, 0.4) is 0 Å². The van der Waals surface area contributed by atoms with E-state index in [1.807, 2.05) is 99.0 Å². The summed E-state index contributed by atoms with van der Waals surface area (Å²) >= 11 is 6.88. The summed E-state index contributed by atoms with van der Waals surface area (Å²) in [6.07, 6.45) is 11.6. The number of carbonyl (C=O) groups excluding carboxylic acids is 4. The molecule has 0 bridgehead atoms. The molecule has 4 N–H and O–H groups in total. The number of methoxy groups -OCH3 is 3. The molecule has 4 aromatic heterocycles. The monoisotopic (exact) mass is 2060 g/mol. The number of fused-ring (bicyclic) bond motifs is 4. The molecular weight excluding hydrogens is 1950 g/mol. The summed E-state index contributed by atoms with van der Waals surface area (Å²) in [5.74, 6) is 2.61. The molecule has 20 rings (SSSR count). The van der Waals surface area contributed by atoms with Gasteiger partial charge in [0.05, 0.1) is 21.3 Å². The molecule has 4 atom stereocenters. The van der Waals surface area contributed by atoms with Crippen LogP contribution in [0.5, 0.6) is 23.0 Å². The van der Waals surface area contributed by atoms with Crippen molar-refractivity contribution in [2.45, 2.75) is 148 Å². The molecule has 23 nitrogen and oxygen atoms in total. The van der Waals surface area contributed by atoms with E-state index >= 15 is 0 Å². The average Bonchev–Trinajstić information content (AvgIpc) is 1.60. The predicted octanol–water partition coefficient (Wildman–Crippen LogP) is 22.8. The highest BCUT2D eigenvalue weighted by molar-refractivity contribution is 9.10. The van der Waals surface area contributed by atoms with Crippen molar-refractivity contribution in [3.05, 3.63) is 375 Å². The number of aromatic nitrogens is 8. The molecule has 6 aliphatic rings. The van der Waals surface area contributed by atoms with Crippen LogP contribution in [0.2, 0.25) is 25.7 Å². The maximum atomic E-state index is 14.5. The lowest BCUT2D eigenvalue weighted by molar-refractivity contribution is 0.0665. The minimum atomic E-state index is -1.24. The number of phenolic OH excluding ortho intramolecular Hbond substituents is 1. The van der Waals surface area contributed by atoms with E-state index in [9.17, 15) is 41.8 Å². The van der Waals surface area contributed by atoms with Crippen molar-refractivity contribution in [2.75, 3.05) is 68.2 Å². The van der Waals surface area contributed by atoms with Gasteiger partial charge >= 0.3 is 0 Å². The number of benzene rings is 10. The zero-order chi connectivity index (χ0) is 97.9. The van der Waals surface area contributed by atoms with Gasteiger partial charge in [-0.05, 0) is 276 Å². The fourth-order valence-electron chi connectivity index (χ4n) is 19.5. The highest BCUT2D eigenvalue weighted by Crippen LogP contribution is 2.47. The molecule has 140 heavy (non-hydrogen) atoms. The Morgan fingerprint density at radius 1 is 0.414 bits per heavy atom. The maximum Gasteiger partial charge on any atom is 0.255 e. The molecule has 0 radical (unpaired) electrons. The highest BCUT2D eigenvalue weighted by Gasteiger charge is 2.44. The molecule has 4 amide bonds. The quantitative estimate of drug-likeness (QED) is 0.0249. The number of amides is 4. The van der Waals surface area contributed by atoms with E-state index in [2.05, 4.69) is 160 Å². The summed E-state index contributed by atoms with van der Waals surface area (Å²) < 4.78 is 83.5. The van der Waals surface area contributed by atoms with Crippen molar-refractivity contribution in [1.29, 1.82) is 0 Å². The van der Waals surface area contributed by atoms with Gasteiger partial charge in [0, 0.05) is 142 Å². The molecule has 0 saturated carbocycles. The zero-order valence-corrected chi connectivity index (χ0v) is 85.2. The first-order valence-corrected chi connectivity index (χ1v) is 51.9. The number of carbonyl (C=O) groups is 4. The number of imidazole rings is 4. The largest absolute Gasteiger partial charge is 0.508 e. The van der Waals surface area contributed by atoms with E-state index in [1.165, 1.54) is 98.5 Å². The number of nitrogens with zero attached hydrogens (tertiary/aromatic N) is 11. The summed E-state index contributed by atoms with van der Waals surface area (Å²) in [6.45, 7) is 21.5. The van der Waals surface area contributed by atoms with Gasteiger partial charge in [-0.15, -0.1) is 12.4 Å². The normalized spacial score (nSPS) is 15.7. The second-order valence-corrected chi connectivity index (χ2v) is 45.3. The van der Waals surface area contributed by atoms with Gasteiger partial charge in [-0.25, -0.2) is 37.5 Å². The summed E-state index contributed by atoms with van der Waals surface area (Å²) in [5, 5.41) is 10.6. The summed E-state index contributed by atoms with van der Waals surface area (Å²) in [7, 11) is 7.74. The third-order valence-corrected chi connectivity index (χ3v) is 29.7.